The van der Waals surface area contributed by atoms with Gasteiger partial charge >= 0.3 is 0 Å². The molecule has 1 atom stereocenters. The zero-order valence-electron chi connectivity index (χ0n) is 12.1. The molecule has 110 valence electrons. The van der Waals surface area contributed by atoms with Crippen molar-refractivity contribution < 1.29 is 9.84 Å². The number of benzene rings is 1. The second kappa shape index (κ2) is 6.59. The largest absolute Gasteiger partial charge is 0.493 e. The van der Waals surface area contributed by atoms with Crippen molar-refractivity contribution in [3.05, 3.63) is 29.8 Å². The van der Waals surface area contributed by atoms with Crippen LogP contribution in [-0.4, -0.2) is 30.9 Å². The van der Waals surface area contributed by atoms with Crippen LogP contribution >= 0.6 is 0 Å². The molecule has 3 nitrogen and oxygen atoms in total. The van der Waals surface area contributed by atoms with Crippen LogP contribution in [0.4, 0.5) is 0 Å². The van der Waals surface area contributed by atoms with Crippen LogP contribution in [0.15, 0.2) is 24.3 Å². The van der Waals surface area contributed by atoms with E-state index >= 15 is 0 Å². The zero-order valence-corrected chi connectivity index (χ0v) is 12.1. The lowest BCUT2D eigenvalue weighted by atomic mass is 9.87. The van der Waals surface area contributed by atoms with Crippen LogP contribution in [0.25, 0.3) is 0 Å². The van der Waals surface area contributed by atoms with E-state index in [0.29, 0.717) is 5.92 Å². The third-order valence-corrected chi connectivity index (χ3v) is 4.72. The molecule has 20 heavy (non-hydrogen) atoms. The lowest BCUT2D eigenvalue weighted by molar-refractivity contribution is 0.108. The molecule has 3 heteroatoms. The van der Waals surface area contributed by atoms with Gasteiger partial charge in [-0.1, -0.05) is 18.2 Å². The number of aliphatic hydroxyl groups excluding tert-OH is 1. The van der Waals surface area contributed by atoms with Crippen LogP contribution in [0.3, 0.4) is 0 Å². The monoisotopic (exact) mass is 275 g/mol. The van der Waals surface area contributed by atoms with Crippen molar-refractivity contribution in [3.8, 4) is 5.75 Å². The fraction of sp³-hybridized carbons (Fsp3) is 0.647. The minimum atomic E-state index is -0.0476. The number of hydrogen-bond donors (Lipinski definition) is 2. The van der Waals surface area contributed by atoms with E-state index in [2.05, 4.69) is 23.5 Å². The fourth-order valence-corrected chi connectivity index (χ4v) is 3.44. The van der Waals surface area contributed by atoms with Crippen molar-refractivity contribution in [1.82, 2.24) is 5.32 Å². The predicted octanol–water partition coefficient (Wildman–Crippen LogP) is 2.69. The second-order valence-corrected chi connectivity index (χ2v) is 6.20. The molecule has 2 N–H and O–H groups in total. The number of rotatable bonds is 4. The van der Waals surface area contributed by atoms with Crippen LogP contribution in [0.2, 0.25) is 0 Å². The molecule has 0 spiro atoms. The maximum Gasteiger partial charge on any atom is 0.122 e. The van der Waals surface area contributed by atoms with E-state index in [9.17, 15) is 5.11 Å². The molecule has 0 bridgehead atoms. The summed E-state index contributed by atoms with van der Waals surface area (Å²) < 4.78 is 5.71. The minimum Gasteiger partial charge on any atom is -0.493 e. The number of para-hydroxylation sites is 1. The molecule has 0 radical (unpaired) electrons. The molecular formula is C17H25NO2. The van der Waals surface area contributed by atoms with E-state index < -0.39 is 0 Å². The van der Waals surface area contributed by atoms with E-state index in [1.807, 2.05) is 6.07 Å². The van der Waals surface area contributed by atoms with Gasteiger partial charge in [-0.05, 0) is 56.2 Å². The lowest BCUT2D eigenvalue weighted by Gasteiger charge is -2.28. The first-order valence-electron chi connectivity index (χ1n) is 7.93. The van der Waals surface area contributed by atoms with E-state index in [1.165, 1.54) is 18.4 Å². The van der Waals surface area contributed by atoms with Gasteiger partial charge < -0.3 is 15.2 Å². The van der Waals surface area contributed by atoms with Gasteiger partial charge in [0.15, 0.2) is 0 Å². The van der Waals surface area contributed by atoms with Crippen LogP contribution in [0.5, 0.6) is 5.75 Å². The Morgan fingerprint density at radius 2 is 1.85 bits per heavy atom. The highest BCUT2D eigenvalue weighted by atomic mass is 16.5. The van der Waals surface area contributed by atoms with Gasteiger partial charge in [-0.3, -0.25) is 0 Å². The maximum absolute atomic E-state index is 9.53. The molecule has 1 unspecified atom stereocenters. The van der Waals surface area contributed by atoms with Crippen LogP contribution in [-0.2, 0) is 0 Å². The summed E-state index contributed by atoms with van der Waals surface area (Å²) in [7, 11) is 0. The second-order valence-electron chi connectivity index (χ2n) is 6.20. The van der Waals surface area contributed by atoms with Crippen molar-refractivity contribution in [3.63, 3.8) is 0 Å². The highest BCUT2D eigenvalue weighted by molar-refractivity contribution is 5.37. The Bertz CT molecular complexity index is 427. The molecule has 1 saturated carbocycles. The van der Waals surface area contributed by atoms with Gasteiger partial charge in [0.25, 0.3) is 0 Å². The van der Waals surface area contributed by atoms with Crippen molar-refractivity contribution in [2.75, 3.05) is 19.7 Å². The van der Waals surface area contributed by atoms with Crippen molar-refractivity contribution >= 4 is 0 Å². The first-order valence-corrected chi connectivity index (χ1v) is 7.93. The first-order chi connectivity index (χ1) is 9.83. The number of hydrogen-bond acceptors (Lipinski definition) is 3. The van der Waals surface area contributed by atoms with Gasteiger partial charge in [0.2, 0.25) is 0 Å². The molecule has 0 saturated heterocycles. The average Bonchev–Trinajstić information content (AvgIpc) is 2.49. The number of aliphatic hydroxyl groups is 1. The van der Waals surface area contributed by atoms with E-state index in [4.69, 9.17) is 4.74 Å². The molecule has 1 aromatic carbocycles. The standard InChI is InChI=1S/C17H25NO2/c19-15-7-5-13(6-8-15)11-18-12-14-9-10-20-17-4-2-1-3-16(14)17/h1-4,13-15,18-19H,5-12H2. The summed E-state index contributed by atoms with van der Waals surface area (Å²) in [5.41, 5.74) is 1.35. The quantitative estimate of drug-likeness (QED) is 0.887. The number of fused-ring (bicyclic) bond motifs is 1. The molecule has 1 aliphatic carbocycles. The molecule has 3 rings (SSSR count). The topological polar surface area (TPSA) is 41.5 Å². The smallest absolute Gasteiger partial charge is 0.122 e. The Kier molecular flexibility index (Phi) is 4.58. The third-order valence-electron chi connectivity index (χ3n) is 4.72. The Balaban J connectivity index is 1.47. The van der Waals surface area contributed by atoms with E-state index in [-0.39, 0.29) is 6.10 Å². The van der Waals surface area contributed by atoms with Crippen molar-refractivity contribution in [2.45, 2.75) is 44.1 Å². The molecule has 1 aromatic rings. The van der Waals surface area contributed by atoms with Crippen molar-refractivity contribution in [1.29, 1.82) is 0 Å². The normalized spacial score (nSPS) is 29.6. The molecule has 2 aliphatic rings. The summed E-state index contributed by atoms with van der Waals surface area (Å²) in [5, 5.41) is 13.2. The zero-order chi connectivity index (χ0) is 13.8. The Labute approximate surface area is 121 Å². The molecule has 0 amide bonds. The predicted molar refractivity (Wildman–Crippen MR) is 80.1 cm³/mol. The summed E-state index contributed by atoms with van der Waals surface area (Å²) in [4.78, 5) is 0. The van der Waals surface area contributed by atoms with Gasteiger partial charge in [-0.15, -0.1) is 0 Å². The lowest BCUT2D eigenvalue weighted by Crippen LogP contribution is -2.32. The van der Waals surface area contributed by atoms with E-state index in [1.54, 1.807) is 0 Å². The summed E-state index contributed by atoms with van der Waals surface area (Å²) in [5.74, 6) is 2.38. The van der Waals surface area contributed by atoms with Gasteiger partial charge in [0, 0.05) is 12.5 Å². The van der Waals surface area contributed by atoms with Crippen molar-refractivity contribution in [2.24, 2.45) is 5.92 Å². The summed E-state index contributed by atoms with van der Waals surface area (Å²) in [6.07, 6.45) is 5.34. The highest BCUT2D eigenvalue weighted by Gasteiger charge is 2.22. The minimum absolute atomic E-state index is 0.0476. The highest BCUT2D eigenvalue weighted by Crippen LogP contribution is 2.33. The fourth-order valence-electron chi connectivity index (χ4n) is 3.44. The number of nitrogens with one attached hydrogen (secondary N) is 1. The SMILES string of the molecule is OC1CCC(CNCC2CCOc3ccccc32)CC1. The van der Waals surface area contributed by atoms with Gasteiger partial charge in [0.1, 0.15) is 5.75 Å². The molecular weight excluding hydrogens is 250 g/mol. The Hall–Kier alpha value is -1.06. The Morgan fingerprint density at radius 3 is 2.70 bits per heavy atom. The third kappa shape index (κ3) is 3.33. The van der Waals surface area contributed by atoms with Crippen LogP contribution in [0, 0.1) is 5.92 Å². The van der Waals surface area contributed by atoms with Gasteiger partial charge in [-0.2, -0.15) is 0 Å². The molecule has 1 fully saturated rings. The Morgan fingerprint density at radius 1 is 1.05 bits per heavy atom. The number of ether oxygens (including phenoxy) is 1. The summed E-state index contributed by atoms with van der Waals surface area (Å²) >= 11 is 0. The molecule has 1 heterocycles. The van der Waals surface area contributed by atoms with Crippen LogP contribution < -0.4 is 10.1 Å². The average molecular weight is 275 g/mol. The van der Waals surface area contributed by atoms with Gasteiger partial charge in [-0.25, -0.2) is 0 Å². The van der Waals surface area contributed by atoms with E-state index in [0.717, 1.165) is 50.6 Å². The molecule has 0 aromatic heterocycles. The van der Waals surface area contributed by atoms with Crippen LogP contribution in [0.1, 0.15) is 43.6 Å². The van der Waals surface area contributed by atoms with Gasteiger partial charge in [0.05, 0.1) is 12.7 Å². The summed E-state index contributed by atoms with van der Waals surface area (Å²) in [6.45, 7) is 2.96. The molecule has 1 aliphatic heterocycles. The maximum atomic E-state index is 9.53. The first kappa shape index (κ1) is 13.9. The summed E-state index contributed by atoms with van der Waals surface area (Å²) in [6, 6.07) is 8.41.